The number of fused-ring (bicyclic) bond motifs is 1. The fourth-order valence-electron chi connectivity index (χ4n) is 11.6. The number of methoxy groups -OCH3 is 1. The standard InChI is InChI=1S/C32H43NO4/c1-19(34)18-33-23-7-4-6-20(15-23)14-21-9-12-30-13-10-22-17-31(11-5-8-24(21)30)29(30,2)27(22)28-25(35)16-26(37-3)32(28,31)36/h4-8,15-16,19,21-22,24,26-28,33-36H,9-14,17-18H2,1-3H3/t19-,21-,22-,24-,26+,27-,28-,29+,30-,31-,32+/m0/s1. The number of hydrogen-bond acceptors (Lipinski definition) is 5. The number of hydrogen-bond donors (Lipinski definition) is 4. The fourth-order valence-corrected chi connectivity index (χ4v) is 11.6. The monoisotopic (exact) mass is 505 g/mol. The van der Waals surface area contributed by atoms with E-state index in [1.165, 1.54) is 31.2 Å². The van der Waals surface area contributed by atoms with Crippen molar-refractivity contribution in [2.24, 2.45) is 45.8 Å². The highest BCUT2D eigenvalue weighted by Crippen LogP contribution is 2.88. The summed E-state index contributed by atoms with van der Waals surface area (Å²) in [4.78, 5) is 0. The van der Waals surface area contributed by atoms with Gasteiger partial charge < -0.3 is 25.4 Å². The van der Waals surface area contributed by atoms with Crippen LogP contribution in [-0.4, -0.2) is 46.8 Å². The molecule has 0 unspecified atom stereocenters. The molecule has 1 aromatic rings. The van der Waals surface area contributed by atoms with E-state index in [1.807, 2.05) is 6.08 Å². The Morgan fingerprint density at radius 3 is 2.81 bits per heavy atom. The van der Waals surface area contributed by atoms with Crippen molar-refractivity contribution in [3.05, 3.63) is 53.8 Å². The normalized spacial score (nSPS) is 49.4. The molecule has 200 valence electrons. The first kappa shape index (κ1) is 24.2. The molecule has 4 saturated carbocycles. The lowest BCUT2D eigenvalue weighted by Crippen LogP contribution is -2.60. The summed E-state index contributed by atoms with van der Waals surface area (Å²) in [7, 11) is 1.69. The molecule has 0 amide bonds. The molecule has 4 fully saturated rings. The Morgan fingerprint density at radius 2 is 2.03 bits per heavy atom. The number of anilines is 1. The largest absolute Gasteiger partial charge is 0.512 e. The van der Waals surface area contributed by atoms with Crippen LogP contribution in [0.4, 0.5) is 5.69 Å². The molecule has 0 radical (unpaired) electrons. The van der Waals surface area contributed by atoms with Crippen molar-refractivity contribution in [3.8, 4) is 0 Å². The summed E-state index contributed by atoms with van der Waals surface area (Å²) in [5, 5.41) is 36.9. The van der Waals surface area contributed by atoms with E-state index in [0.29, 0.717) is 36.0 Å². The van der Waals surface area contributed by atoms with Crippen molar-refractivity contribution < 1.29 is 20.1 Å². The van der Waals surface area contributed by atoms with E-state index in [4.69, 9.17) is 4.74 Å². The van der Waals surface area contributed by atoms with E-state index >= 15 is 0 Å². The summed E-state index contributed by atoms with van der Waals surface area (Å²) in [6.07, 6.45) is 13.8. The van der Waals surface area contributed by atoms with Gasteiger partial charge in [-0.05, 0) is 110 Å². The Morgan fingerprint density at radius 1 is 1.22 bits per heavy atom. The second-order valence-corrected chi connectivity index (χ2v) is 13.6. The molecule has 0 heterocycles. The van der Waals surface area contributed by atoms with Gasteiger partial charge in [0, 0.05) is 24.8 Å². The van der Waals surface area contributed by atoms with Crippen molar-refractivity contribution in [3.63, 3.8) is 0 Å². The van der Waals surface area contributed by atoms with E-state index in [2.05, 4.69) is 48.7 Å². The zero-order valence-electron chi connectivity index (χ0n) is 22.5. The van der Waals surface area contributed by atoms with Gasteiger partial charge in [-0.25, -0.2) is 0 Å². The lowest BCUT2D eigenvalue weighted by Gasteiger charge is -2.58. The molecule has 0 aromatic heterocycles. The van der Waals surface area contributed by atoms with E-state index in [0.717, 1.165) is 24.9 Å². The van der Waals surface area contributed by atoms with Crippen LogP contribution in [0.5, 0.6) is 0 Å². The SMILES string of the molecule is CO[C@@H]1C=C(O)[C@H]2[C@@H]3[C@H]4CC[C@@]56CC[C@@H](Cc7cccc(NC[C@H](C)O)c7)[C@@H]5C=CC[C@@](C4)([C@@]12O)[C@]36C. The second kappa shape index (κ2) is 7.86. The lowest BCUT2D eigenvalue weighted by atomic mass is 9.45. The molecule has 5 nitrogen and oxygen atoms in total. The van der Waals surface area contributed by atoms with Crippen LogP contribution in [0.15, 0.2) is 48.3 Å². The van der Waals surface area contributed by atoms with E-state index in [1.54, 1.807) is 14.0 Å². The minimum absolute atomic E-state index is 0.0229. The molecule has 4 N–H and O–H groups in total. The first-order valence-corrected chi connectivity index (χ1v) is 14.6. The van der Waals surface area contributed by atoms with Crippen LogP contribution >= 0.6 is 0 Å². The minimum Gasteiger partial charge on any atom is -0.512 e. The summed E-state index contributed by atoms with van der Waals surface area (Å²) in [6, 6.07) is 8.72. The summed E-state index contributed by atoms with van der Waals surface area (Å²) in [6.45, 7) is 4.88. The van der Waals surface area contributed by atoms with Crippen LogP contribution < -0.4 is 5.32 Å². The third-order valence-electron chi connectivity index (χ3n) is 12.6. The maximum absolute atomic E-state index is 12.6. The van der Waals surface area contributed by atoms with Gasteiger partial charge in [0.05, 0.1) is 17.8 Å². The maximum Gasteiger partial charge on any atom is 0.111 e. The molecule has 7 rings (SSSR count). The van der Waals surface area contributed by atoms with E-state index in [-0.39, 0.29) is 28.3 Å². The number of nitrogens with one attached hydrogen (secondary N) is 1. The van der Waals surface area contributed by atoms with Crippen molar-refractivity contribution in [2.75, 3.05) is 19.0 Å². The predicted octanol–water partition coefficient (Wildman–Crippen LogP) is 5.25. The Hall–Kier alpha value is -1.82. The number of allylic oxidation sites excluding steroid dienone is 2. The van der Waals surface area contributed by atoms with E-state index in [9.17, 15) is 15.3 Å². The first-order chi connectivity index (χ1) is 17.7. The summed E-state index contributed by atoms with van der Waals surface area (Å²) in [5.41, 5.74) is 1.27. The molecule has 11 atom stereocenters. The van der Waals surface area contributed by atoms with Gasteiger partial charge >= 0.3 is 0 Å². The minimum atomic E-state index is -1.03. The van der Waals surface area contributed by atoms with Crippen molar-refractivity contribution in [1.29, 1.82) is 0 Å². The van der Waals surface area contributed by atoms with E-state index < -0.39 is 11.7 Å². The molecule has 5 heteroatoms. The zero-order valence-corrected chi connectivity index (χ0v) is 22.5. The molecule has 6 aliphatic rings. The van der Waals surface area contributed by atoms with Gasteiger partial charge in [0.15, 0.2) is 0 Å². The average Bonchev–Trinajstić information content (AvgIpc) is 3.44. The Kier molecular flexibility index (Phi) is 5.15. The Labute approximate surface area is 221 Å². The van der Waals surface area contributed by atoms with Gasteiger partial charge in [-0.15, -0.1) is 0 Å². The average molecular weight is 506 g/mol. The molecule has 1 aromatic carbocycles. The van der Waals surface area contributed by atoms with Crippen LogP contribution in [0.25, 0.3) is 0 Å². The number of aliphatic hydroxyl groups excluding tert-OH is 2. The van der Waals surface area contributed by atoms with Crippen LogP contribution in [0.1, 0.15) is 57.9 Å². The van der Waals surface area contributed by atoms with Crippen LogP contribution in [0, 0.1) is 45.8 Å². The molecule has 1 spiro atoms. The maximum atomic E-state index is 12.6. The molecule has 37 heavy (non-hydrogen) atoms. The highest BCUT2D eigenvalue weighted by molar-refractivity contribution is 5.47. The topological polar surface area (TPSA) is 82.0 Å². The Bertz CT molecular complexity index is 1160. The third-order valence-corrected chi connectivity index (χ3v) is 12.6. The summed E-state index contributed by atoms with van der Waals surface area (Å²) in [5.74, 6) is 2.15. The molecular weight excluding hydrogens is 462 g/mol. The third kappa shape index (κ3) is 2.71. The molecule has 0 aliphatic heterocycles. The fraction of sp³-hybridized carbons (Fsp3) is 0.688. The zero-order chi connectivity index (χ0) is 25.8. The van der Waals surface area contributed by atoms with Gasteiger partial charge in [0.2, 0.25) is 0 Å². The van der Waals surface area contributed by atoms with Gasteiger partial charge in [0.25, 0.3) is 0 Å². The lowest BCUT2D eigenvalue weighted by molar-refractivity contribution is -0.189. The van der Waals surface area contributed by atoms with Gasteiger partial charge in [-0.2, -0.15) is 0 Å². The van der Waals surface area contributed by atoms with Gasteiger partial charge in [-0.1, -0.05) is 31.2 Å². The number of aliphatic hydroxyl groups is 3. The molecule has 6 aliphatic carbocycles. The Balaban J connectivity index is 1.26. The highest BCUT2D eigenvalue weighted by atomic mass is 16.5. The van der Waals surface area contributed by atoms with Crippen LogP contribution in [0.3, 0.4) is 0 Å². The second-order valence-electron chi connectivity index (χ2n) is 13.6. The van der Waals surface area contributed by atoms with Crippen molar-refractivity contribution in [1.82, 2.24) is 0 Å². The highest BCUT2D eigenvalue weighted by Gasteiger charge is 2.88. The summed E-state index contributed by atoms with van der Waals surface area (Å²) < 4.78 is 5.89. The number of benzene rings is 1. The molecule has 0 saturated heterocycles. The molecule has 4 bridgehead atoms. The molecular formula is C32H43NO4. The summed E-state index contributed by atoms with van der Waals surface area (Å²) >= 11 is 0. The van der Waals surface area contributed by atoms with Crippen molar-refractivity contribution >= 4 is 5.69 Å². The predicted molar refractivity (Wildman–Crippen MR) is 144 cm³/mol. The smallest absolute Gasteiger partial charge is 0.111 e. The van der Waals surface area contributed by atoms with Crippen LogP contribution in [0.2, 0.25) is 0 Å². The number of rotatable bonds is 6. The van der Waals surface area contributed by atoms with Gasteiger partial charge in [-0.3, -0.25) is 0 Å². The first-order valence-electron chi connectivity index (χ1n) is 14.6. The van der Waals surface area contributed by atoms with Crippen LogP contribution in [-0.2, 0) is 11.2 Å². The number of ether oxygens (including phenoxy) is 1. The van der Waals surface area contributed by atoms with Gasteiger partial charge in [0.1, 0.15) is 11.7 Å². The van der Waals surface area contributed by atoms with Crippen molar-refractivity contribution in [2.45, 2.75) is 76.6 Å². The quantitative estimate of drug-likeness (QED) is 0.397.